The molecule has 0 saturated heterocycles. The molecule has 0 saturated carbocycles. The van der Waals surface area contributed by atoms with E-state index in [4.69, 9.17) is 0 Å². The lowest BCUT2D eigenvalue weighted by atomic mass is 9.80. The lowest BCUT2D eigenvalue weighted by Gasteiger charge is -2.25. The van der Waals surface area contributed by atoms with E-state index in [1.807, 2.05) is 20.8 Å². The van der Waals surface area contributed by atoms with Crippen LogP contribution >= 0.6 is 0 Å². The standard InChI is InChI=1S/C12H16F2/c1-4-8-12(2,3)9-6-5-7-10(13)11(9)14/h5-7H,4,8H2,1-3H3. The molecule has 0 aliphatic heterocycles. The summed E-state index contributed by atoms with van der Waals surface area (Å²) in [6, 6.07) is 4.38. The van der Waals surface area contributed by atoms with Crippen molar-refractivity contribution in [3.05, 3.63) is 35.4 Å². The van der Waals surface area contributed by atoms with Gasteiger partial charge in [-0.3, -0.25) is 0 Å². The number of hydrogen-bond donors (Lipinski definition) is 0. The topological polar surface area (TPSA) is 0 Å². The predicted octanol–water partition coefficient (Wildman–Crippen LogP) is 4.04. The zero-order valence-corrected chi connectivity index (χ0v) is 8.90. The van der Waals surface area contributed by atoms with Crippen LogP contribution in [0.4, 0.5) is 8.78 Å². The molecule has 0 spiro atoms. The van der Waals surface area contributed by atoms with Crippen molar-refractivity contribution in [1.82, 2.24) is 0 Å². The van der Waals surface area contributed by atoms with Gasteiger partial charge in [0.05, 0.1) is 0 Å². The lowest BCUT2D eigenvalue weighted by Crippen LogP contribution is -2.19. The summed E-state index contributed by atoms with van der Waals surface area (Å²) in [7, 11) is 0. The van der Waals surface area contributed by atoms with Gasteiger partial charge in [-0.25, -0.2) is 8.78 Å². The fraction of sp³-hybridized carbons (Fsp3) is 0.500. The Kier molecular flexibility index (Phi) is 3.25. The van der Waals surface area contributed by atoms with E-state index in [0.29, 0.717) is 5.56 Å². The van der Waals surface area contributed by atoms with Crippen LogP contribution in [0.2, 0.25) is 0 Å². The summed E-state index contributed by atoms with van der Waals surface area (Å²) in [5, 5.41) is 0. The summed E-state index contributed by atoms with van der Waals surface area (Å²) in [4.78, 5) is 0. The summed E-state index contributed by atoms with van der Waals surface area (Å²) in [5.41, 5.74) is 0.181. The Balaban J connectivity index is 3.12. The van der Waals surface area contributed by atoms with E-state index in [1.165, 1.54) is 0 Å². The molecular weight excluding hydrogens is 182 g/mol. The quantitative estimate of drug-likeness (QED) is 0.687. The maximum absolute atomic E-state index is 13.4. The molecule has 0 aliphatic rings. The average Bonchev–Trinajstić information content (AvgIpc) is 2.09. The van der Waals surface area contributed by atoms with Gasteiger partial charge in [-0.05, 0) is 23.5 Å². The fourth-order valence-electron chi connectivity index (χ4n) is 1.79. The molecule has 0 heterocycles. The molecule has 2 heteroatoms. The molecule has 0 fully saturated rings. The maximum atomic E-state index is 13.4. The first-order chi connectivity index (χ1) is 6.49. The molecule has 0 aromatic heterocycles. The number of rotatable bonds is 3. The molecule has 0 aliphatic carbocycles. The van der Waals surface area contributed by atoms with E-state index in [1.54, 1.807) is 12.1 Å². The summed E-state index contributed by atoms with van der Waals surface area (Å²) in [6.07, 6.45) is 1.82. The van der Waals surface area contributed by atoms with Gasteiger partial charge < -0.3 is 0 Å². The number of hydrogen-bond acceptors (Lipinski definition) is 0. The highest BCUT2D eigenvalue weighted by atomic mass is 19.2. The second kappa shape index (κ2) is 4.07. The third-order valence-electron chi connectivity index (χ3n) is 2.56. The van der Waals surface area contributed by atoms with Crippen molar-refractivity contribution in [2.24, 2.45) is 0 Å². The smallest absolute Gasteiger partial charge is 0.162 e. The first-order valence-electron chi connectivity index (χ1n) is 4.93. The molecule has 78 valence electrons. The van der Waals surface area contributed by atoms with E-state index in [9.17, 15) is 8.78 Å². The Morgan fingerprint density at radius 3 is 2.43 bits per heavy atom. The van der Waals surface area contributed by atoms with Gasteiger partial charge in [-0.1, -0.05) is 39.3 Å². The van der Waals surface area contributed by atoms with Crippen LogP contribution < -0.4 is 0 Å². The Labute approximate surface area is 84.0 Å². The van der Waals surface area contributed by atoms with Crippen LogP contribution in [0.1, 0.15) is 39.2 Å². The zero-order valence-electron chi connectivity index (χ0n) is 8.90. The Morgan fingerprint density at radius 1 is 1.21 bits per heavy atom. The summed E-state index contributed by atoms with van der Waals surface area (Å²) in [5.74, 6) is -1.46. The van der Waals surface area contributed by atoms with Crippen molar-refractivity contribution in [3.8, 4) is 0 Å². The summed E-state index contributed by atoms with van der Waals surface area (Å²) in [6.45, 7) is 5.92. The summed E-state index contributed by atoms with van der Waals surface area (Å²) >= 11 is 0. The van der Waals surface area contributed by atoms with Crippen LogP contribution in [0.15, 0.2) is 18.2 Å². The second-order valence-corrected chi connectivity index (χ2v) is 4.24. The maximum Gasteiger partial charge on any atom is 0.162 e. The van der Waals surface area contributed by atoms with E-state index < -0.39 is 11.6 Å². The SMILES string of the molecule is CCCC(C)(C)c1cccc(F)c1F. The minimum atomic E-state index is -0.758. The molecule has 14 heavy (non-hydrogen) atoms. The normalized spacial score (nSPS) is 11.8. The van der Waals surface area contributed by atoms with Gasteiger partial charge in [0.1, 0.15) is 0 Å². The van der Waals surface area contributed by atoms with Crippen molar-refractivity contribution < 1.29 is 8.78 Å². The van der Waals surface area contributed by atoms with Crippen molar-refractivity contribution in [3.63, 3.8) is 0 Å². The monoisotopic (exact) mass is 198 g/mol. The van der Waals surface area contributed by atoms with E-state index in [-0.39, 0.29) is 5.41 Å². The van der Waals surface area contributed by atoms with Crippen LogP contribution in [0.5, 0.6) is 0 Å². The van der Waals surface area contributed by atoms with Crippen LogP contribution in [0.25, 0.3) is 0 Å². The molecule has 0 amide bonds. The molecule has 0 radical (unpaired) electrons. The van der Waals surface area contributed by atoms with Crippen molar-refractivity contribution >= 4 is 0 Å². The highest BCUT2D eigenvalue weighted by Gasteiger charge is 2.24. The largest absolute Gasteiger partial charge is 0.204 e. The van der Waals surface area contributed by atoms with Gasteiger partial charge in [0.15, 0.2) is 11.6 Å². The third-order valence-corrected chi connectivity index (χ3v) is 2.56. The molecule has 1 aromatic rings. The highest BCUT2D eigenvalue weighted by Crippen LogP contribution is 2.30. The molecule has 0 nitrogen and oxygen atoms in total. The molecule has 0 bridgehead atoms. The van der Waals surface area contributed by atoms with E-state index in [2.05, 4.69) is 0 Å². The second-order valence-electron chi connectivity index (χ2n) is 4.24. The van der Waals surface area contributed by atoms with Crippen molar-refractivity contribution in [1.29, 1.82) is 0 Å². The van der Waals surface area contributed by atoms with E-state index in [0.717, 1.165) is 18.9 Å². The van der Waals surface area contributed by atoms with Gasteiger partial charge >= 0.3 is 0 Å². The fourth-order valence-corrected chi connectivity index (χ4v) is 1.79. The molecular formula is C12H16F2. The van der Waals surface area contributed by atoms with Crippen LogP contribution in [-0.2, 0) is 5.41 Å². The van der Waals surface area contributed by atoms with Gasteiger partial charge in [0.2, 0.25) is 0 Å². The Hall–Kier alpha value is -0.920. The first kappa shape index (κ1) is 11.2. The van der Waals surface area contributed by atoms with Crippen molar-refractivity contribution in [2.45, 2.75) is 39.0 Å². The van der Waals surface area contributed by atoms with Gasteiger partial charge in [0, 0.05) is 0 Å². The first-order valence-corrected chi connectivity index (χ1v) is 4.93. The minimum absolute atomic E-state index is 0.291. The molecule has 0 atom stereocenters. The Bertz CT molecular complexity index is 316. The molecule has 0 N–H and O–H groups in total. The van der Waals surface area contributed by atoms with Crippen LogP contribution in [0, 0.1) is 11.6 Å². The minimum Gasteiger partial charge on any atom is -0.204 e. The summed E-state index contributed by atoms with van der Waals surface area (Å²) < 4.78 is 26.4. The van der Waals surface area contributed by atoms with Gasteiger partial charge in [-0.15, -0.1) is 0 Å². The number of benzene rings is 1. The van der Waals surface area contributed by atoms with Crippen LogP contribution in [-0.4, -0.2) is 0 Å². The Morgan fingerprint density at radius 2 is 1.86 bits per heavy atom. The average molecular weight is 198 g/mol. The molecule has 0 unspecified atom stereocenters. The third kappa shape index (κ3) is 2.11. The van der Waals surface area contributed by atoms with Gasteiger partial charge in [0.25, 0.3) is 0 Å². The highest BCUT2D eigenvalue weighted by molar-refractivity contribution is 5.26. The zero-order chi connectivity index (χ0) is 10.8. The van der Waals surface area contributed by atoms with Crippen LogP contribution in [0.3, 0.4) is 0 Å². The van der Waals surface area contributed by atoms with Crippen molar-refractivity contribution in [2.75, 3.05) is 0 Å². The molecule has 1 rings (SSSR count). The van der Waals surface area contributed by atoms with Gasteiger partial charge in [-0.2, -0.15) is 0 Å². The predicted molar refractivity (Wildman–Crippen MR) is 54.3 cm³/mol. The van der Waals surface area contributed by atoms with E-state index >= 15 is 0 Å². The number of halogens is 2. The lowest BCUT2D eigenvalue weighted by molar-refractivity contribution is 0.422. The molecule has 1 aromatic carbocycles.